The molecule has 0 spiro atoms. The van der Waals surface area contributed by atoms with E-state index in [0.29, 0.717) is 31.4 Å². The topological polar surface area (TPSA) is 248 Å². The second kappa shape index (κ2) is 27.3. The van der Waals surface area contributed by atoms with E-state index in [4.69, 9.17) is 38.0 Å². The zero-order valence-corrected chi connectivity index (χ0v) is 43.9. The molecule has 3 aromatic rings. The van der Waals surface area contributed by atoms with Crippen LogP contribution in [-0.4, -0.2) is 184 Å². The van der Waals surface area contributed by atoms with Gasteiger partial charge in [0, 0.05) is 43.8 Å². The van der Waals surface area contributed by atoms with Crippen molar-refractivity contribution in [2.75, 3.05) is 41.5 Å². The summed E-state index contributed by atoms with van der Waals surface area (Å²) in [6.45, 7) is 11.1. The average molecular weight is 1020 g/mol. The normalized spacial score (nSPS) is 35.9. The number of nitrogens with zero attached hydrogens (tertiary/aromatic N) is 6. The highest BCUT2D eigenvalue weighted by molar-refractivity contribution is 5.96. The van der Waals surface area contributed by atoms with Crippen LogP contribution in [0, 0.1) is 23.7 Å². The molecular weight excluding hydrogens is 945 g/mol. The van der Waals surface area contributed by atoms with Crippen LogP contribution in [0.15, 0.2) is 71.7 Å². The molecule has 404 valence electrons. The highest BCUT2D eigenvalue weighted by Crippen LogP contribution is 2.35. The van der Waals surface area contributed by atoms with Gasteiger partial charge in [-0.1, -0.05) is 67.1 Å². The molecule has 4 N–H and O–H groups in total. The maximum atomic E-state index is 13.9. The number of allylic oxidation sites excluding steroid dienone is 3. The van der Waals surface area contributed by atoms with E-state index < -0.39 is 110 Å². The number of aliphatic hydroxyl groups excluding tert-OH is 4. The molecule has 2 saturated heterocycles. The molecule has 0 amide bonds. The van der Waals surface area contributed by atoms with Gasteiger partial charge in [0.2, 0.25) is 0 Å². The summed E-state index contributed by atoms with van der Waals surface area (Å²) in [7, 11) is 6.44. The van der Waals surface area contributed by atoms with Crippen molar-refractivity contribution in [3.05, 3.63) is 72.2 Å². The predicted octanol–water partition coefficient (Wildman–Crippen LogP) is 4.13. The van der Waals surface area contributed by atoms with E-state index in [1.807, 2.05) is 75.5 Å². The number of benzene rings is 1. The number of esters is 1. The van der Waals surface area contributed by atoms with Crippen LogP contribution in [0.4, 0.5) is 0 Å². The number of aldehydes is 1. The van der Waals surface area contributed by atoms with Gasteiger partial charge < -0.3 is 68.1 Å². The summed E-state index contributed by atoms with van der Waals surface area (Å²) in [4.78, 5) is 38.7. The van der Waals surface area contributed by atoms with E-state index in [2.05, 4.69) is 20.5 Å². The van der Waals surface area contributed by atoms with Crippen molar-refractivity contribution >= 4 is 28.9 Å². The van der Waals surface area contributed by atoms with Crippen molar-refractivity contribution in [3.63, 3.8) is 0 Å². The SMILES string of the molecule is CC[C@H]1OC(=O)C[C@@H](O)[C@H](C)[C@@H](O[C@H]2O[C@@H](C)[C@H](O)[C@@H](N(C)C)[C@@H]2O)[C@@H](CC=O)C[C@@H](C)C(=N\OCCCc2cn(-c3cnc4ccccc4c3)nn2)/C=C/C(C)=C/[C@@H]1CO[C@@H]1O[C@H](C)[C@@H](O)[C@@H](OC)[C@H]1OC. The Kier molecular flexibility index (Phi) is 21.6. The number of aliphatic hydroxyl groups is 4. The minimum absolute atomic E-state index is 0.00155. The molecule has 6 rings (SSSR count). The molecule has 17 atom stereocenters. The third-order valence-corrected chi connectivity index (χ3v) is 14.4. The van der Waals surface area contributed by atoms with Crippen molar-refractivity contribution in [1.82, 2.24) is 24.9 Å². The minimum atomic E-state index is -1.33. The highest BCUT2D eigenvalue weighted by Gasteiger charge is 2.48. The van der Waals surface area contributed by atoms with E-state index in [0.717, 1.165) is 34.1 Å². The lowest BCUT2D eigenvalue weighted by Gasteiger charge is -2.46. The Bertz CT molecular complexity index is 2310. The number of carbonyl (C=O) groups is 2. The molecule has 0 aliphatic carbocycles. The van der Waals surface area contributed by atoms with Crippen molar-refractivity contribution in [2.24, 2.45) is 28.8 Å². The largest absolute Gasteiger partial charge is 0.462 e. The molecule has 2 aromatic heterocycles. The average Bonchev–Trinajstić information content (AvgIpc) is 3.85. The standard InChI is InChI=1S/C53H78N6O14/c1-11-43-37(29-68-53-51(67-10)50(66-9)47(64)34(6)71-53)23-30(2)18-19-40(56-69-22-14-16-38-28-59(57-55-38)39-25-35-15-12-13-17-41(35)54-27-39)31(3)24-36(20-21-60)49(32(4)42(61)26-44(62)72-43)73-52-48(65)45(58(7)8)46(63)33(5)70-52/h12-13,15,17-19,21,23,25,27-28,31-34,36-37,42-43,45-53,61,63-65H,11,14,16,20,22,24,26,29H2,1-10H3/b19-18+,30-23+,56-40-/t31-,32+,33+,34-,36+,37-,42-,43-,45-,46+,47-,48+,49-,50-,51-,52-,53-/m1/s1. The third-order valence-electron chi connectivity index (χ3n) is 14.4. The number of likely N-dealkylation sites (N-methyl/N-ethyl adjacent to an activating group) is 1. The number of rotatable bonds is 17. The number of pyridine rings is 1. The lowest BCUT2D eigenvalue weighted by atomic mass is 9.79. The van der Waals surface area contributed by atoms with Crippen LogP contribution in [-0.2, 0) is 54.0 Å². The van der Waals surface area contributed by atoms with Crippen LogP contribution in [0.1, 0.15) is 79.3 Å². The Balaban J connectivity index is 1.29. The van der Waals surface area contributed by atoms with Crippen LogP contribution in [0.25, 0.3) is 16.6 Å². The van der Waals surface area contributed by atoms with Gasteiger partial charge in [0.15, 0.2) is 12.6 Å². The first-order chi connectivity index (χ1) is 35.0. The summed E-state index contributed by atoms with van der Waals surface area (Å²) in [5, 5.41) is 59.7. The van der Waals surface area contributed by atoms with Gasteiger partial charge in [0.25, 0.3) is 0 Å². The minimum Gasteiger partial charge on any atom is -0.462 e. The molecule has 20 heteroatoms. The van der Waals surface area contributed by atoms with E-state index in [-0.39, 0.29) is 25.6 Å². The number of hydrogen-bond acceptors (Lipinski definition) is 19. The lowest BCUT2D eigenvalue weighted by Crippen LogP contribution is -2.63. The van der Waals surface area contributed by atoms with Crippen LogP contribution in [0.2, 0.25) is 0 Å². The number of methoxy groups -OCH3 is 2. The molecule has 5 heterocycles. The van der Waals surface area contributed by atoms with E-state index in [1.165, 1.54) is 14.2 Å². The molecule has 0 saturated carbocycles. The molecule has 73 heavy (non-hydrogen) atoms. The van der Waals surface area contributed by atoms with Crippen molar-refractivity contribution < 1.29 is 68.0 Å². The fraction of sp³-hybridized carbons (Fsp3) is 0.660. The Morgan fingerprint density at radius 3 is 2.38 bits per heavy atom. The van der Waals surface area contributed by atoms with Crippen LogP contribution in [0.5, 0.6) is 0 Å². The summed E-state index contributed by atoms with van der Waals surface area (Å²) >= 11 is 0. The number of para-hydroxylation sites is 1. The molecule has 1 aromatic carbocycles. The number of cyclic esters (lactones) is 1. The van der Waals surface area contributed by atoms with Gasteiger partial charge in [-0.05, 0) is 84.7 Å². The van der Waals surface area contributed by atoms with Crippen molar-refractivity contribution in [3.8, 4) is 5.69 Å². The zero-order valence-electron chi connectivity index (χ0n) is 43.9. The van der Waals surface area contributed by atoms with Gasteiger partial charge in [0.05, 0.1) is 84.6 Å². The summed E-state index contributed by atoms with van der Waals surface area (Å²) in [5.74, 6) is -2.96. The Labute approximate surface area is 428 Å². The maximum absolute atomic E-state index is 13.9. The summed E-state index contributed by atoms with van der Waals surface area (Å²) in [6.07, 6.45) is 0.111. The van der Waals surface area contributed by atoms with Crippen LogP contribution < -0.4 is 0 Å². The maximum Gasteiger partial charge on any atom is 0.308 e. The summed E-state index contributed by atoms with van der Waals surface area (Å²) in [5.41, 5.74) is 3.78. The smallest absolute Gasteiger partial charge is 0.308 e. The number of ether oxygens (including phenoxy) is 7. The molecular formula is C53H78N6O14. The quantitative estimate of drug-likeness (QED) is 0.0643. The Morgan fingerprint density at radius 2 is 1.67 bits per heavy atom. The van der Waals surface area contributed by atoms with Crippen molar-refractivity contribution in [2.45, 2.75) is 160 Å². The molecule has 0 radical (unpaired) electrons. The molecule has 3 aliphatic rings. The van der Waals surface area contributed by atoms with Gasteiger partial charge in [-0.15, -0.1) is 5.10 Å². The summed E-state index contributed by atoms with van der Waals surface area (Å²) < 4.78 is 44.3. The van der Waals surface area contributed by atoms with E-state index in [9.17, 15) is 30.0 Å². The molecule has 2 fully saturated rings. The van der Waals surface area contributed by atoms with E-state index >= 15 is 0 Å². The van der Waals surface area contributed by atoms with Gasteiger partial charge in [-0.25, -0.2) is 4.68 Å². The fourth-order valence-corrected chi connectivity index (χ4v) is 10.0. The van der Waals surface area contributed by atoms with Gasteiger partial charge >= 0.3 is 5.97 Å². The molecule has 0 bridgehead atoms. The first kappa shape index (κ1) is 57.7. The molecule has 3 aliphatic heterocycles. The van der Waals surface area contributed by atoms with Gasteiger partial charge in [-0.2, -0.15) is 0 Å². The monoisotopic (exact) mass is 1020 g/mol. The number of hydrogen-bond donors (Lipinski definition) is 4. The van der Waals surface area contributed by atoms with Gasteiger partial charge in [0.1, 0.15) is 43.4 Å². The number of aromatic nitrogens is 4. The number of aryl methyl sites for hydroxylation is 1. The highest BCUT2D eigenvalue weighted by atomic mass is 16.7. The van der Waals surface area contributed by atoms with Crippen LogP contribution in [0.3, 0.4) is 0 Å². The molecule has 0 unspecified atom stereocenters. The second-order valence-corrected chi connectivity index (χ2v) is 19.9. The molecule has 20 nitrogen and oxygen atoms in total. The predicted molar refractivity (Wildman–Crippen MR) is 269 cm³/mol. The Morgan fingerprint density at radius 1 is 0.945 bits per heavy atom. The first-order valence-electron chi connectivity index (χ1n) is 25.5. The number of fused-ring (bicyclic) bond motifs is 1. The number of oxime groups is 1. The summed E-state index contributed by atoms with van der Waals surface area (Å²) in [6, 6.07) is 9.12. The Hall–Kier alpha value is -4.58. The number of carbonyl (C=O) groups excluding carboxylic acids is 2. The lowest BCUT2D eigenvalue weighted by molar-refractivity contribution is -0.304. The van der Waals surface area contributed by atoms with E-state index in [1.54, 1.807) is 50.6 Å². The first-order valence-corrected chi connectivity index (χ1v) is 25.5. The second-order valence-electron chi connectivity index (χ2n) is 19.9. The van der Waals surface area contributed by atoms with Crippen molar-refractivity contribution in [1.29, 1.82) is 0 Å². The van der Waals surface area contributed by atoms with Crippen LogP contribution >= 0.6 is 0 Å². The zero-order chi connectivity index (χ0) is 52.9. The fourth-order valence-electron chi connectivity index (χ4n) is 10.0. The third kappa shape index (κ3) is 14.8. The van der Waals surface area contributed by atoms with Gasteiger partial charge in [-0.3, -0.25) is 9.78 Å².